The van der Waals surface area contributed by atoms with Crippen LogP contribution in [0.5, 0.6) is 0 Å². The van der Waals surface area contributed by atoms with Crippen LogP contribution in [0.4, 0.5) is 0 Å². The summed E-state index contributed by atoms with van der Waals surface area (Å²) in [6.45, 7) is 0.658. The van der Waals surface area contributed by atoms with Crippen LogP contribution < -0.4 is 11.1 Å². The molecule has 0 bridgehead atoms. The van der Waals surface area contributed by atoms with Crippen molar-refractivity contribution in [1.82, 2.24) is 5.32 Å². The van der Waals surface area contributed by atoms with Crippen LogP contribution in [0.1, 0.15) is 31.2 Å². The van der Waals surface area contributed by atoms with Crippen molar-refractivity contribution in [2.45, 2.75) is 38.3 Å². The van der Waals surface area contributed by atoms with E-state index in [-0.39, 0.29) is 11.8 Å². The van der Waals surface area contributed by atoms with Gasteiger partial charge in [0, 0.05) is 18.5 Å². The van der Waals surface area contributed by atoms with Gasteiger partial charge in [-0.25, -0.2) is 0 Å². The van der Waals surface area contributed by atoms with Gasteiger partial charge in [-0.2, -0.15) is 11.3 Å². The van der Waals surface area contributed by atoms with E-state index in [4.69, 9.17) is 5.73 Å². The van der Waals surface area contributed by atoms with Crippen LogP contribution in [-0.4, -0.2) is 11.9 Å². The molecule has 1 fully saturated rings. The number of thiophene rings is 1. The van der Waals surface area contributed by atoms with E-state index in [1.54, 1.807) is 11.3 Å². The molecule has 1 heterocycles. The zero-order chi connectivity index (χ0) is 11.4. The summed E-state index contributed by atoms with van der Waals surface area (Å²) in [7, 11) is 0. The quantitative estimate of drug-likeness (QED) is 0.845. The summed E-state index contributed by atoms with van der Waals surface area (Å²) < 4.78 is 0. The average Bonchev–Trinajstić information content (AvgIpc) is 2.80. The highest BCUT2D eigenvalue weighted by Crippen LogP contribution is 2.23. The van der Waals surface area contributed by atoms with Crippen LogP contribution in [0.15, 0.2) is 16.8 Å². The van der Waals surface area contributed by atoms with Crippen molar-refractivity contribution in [3.63, 3.8) is 0 Å². The van der Waals surface area contributed by atoms with Crippen molar-refractivity contribution in [2.24, 2.45) is 11.7 Å². The van der Waals surface area contributed by atoms with Crippen LogP contribution >= 0.6 is 11.3 Å². The molecule has 1 amide bonds. The fourth-order valence-corrected chi connectivity index (χ4v) is 2.78. The number of carbonyl (C=O) groups excluding carboxylic acids is 1. The molecule has 0 atom stereocenters. The number of hydrogen-bond acceptors (Lipinski definition) is 3. The van der Waals surface area contributed by atoms with E-state index in [9.17, 15) is 4.79 Å². The monoisotopic (exact) mass is 238 g/mol. The van der Waals surface area contributed by atoms with Crippen molar-refractivity contribution in [3.05, 3.63) is 22.4 Å². The van der Waals surface area contributed by atoms with Gasteiger partial charge in [0.05, 0.1) is 0 Å². The molecule has 0 aromatic carbocycles. The van der Waals surface area contributed by atoms with Crippen molar-refractivity contribution >= 4 is 17.2 Å². The largest absolute Gasteiger partial charge is 0.352 e. The molecule has 1 aliphatic rings. The molecule has 2 rings (SSSR count). The van der Waals surface area contributed by atoms with Gasteiger partial charge in [-0.1, -0.05) is 0 Å². The van der Waals surface area contributed by atoms with Crippen molar-refractivity contribution in [3.8, 4) is 0 Å². The molecule has 0 radical (unpaired) electrons. The molecule has 3 N–H and O–H groups in total. The van der Waals surface area contributed by atoms with Gasteiger partial charge in [0.25, 0.3) is 0 Å². The van der Waals surface area contributed by atoms with E-state index in [0.29, 0.717) is 12.6 Å². The number of amides is 1. The van der Waals surface area contributed by atoms with Crippen LogP contribution in [-0.2, 0) is 11.3 Å². The third-order valence-electron chi connectivity index (χ3n) is 3.19. The lowest BCUT2D eigenvalue weighted by molar-refractivity contribution is -0.126. The Morgan fingerprint density at radius 3 is 2.81 bits per heavy atom. The SMILES string of the molecule is NC1CCC(C(=O)NCc2ccsc2)CC1. The van der Waals surface area contributed by atoms with Gasteiger partial charge in [0.1, 0.15) is 0 Å². The molecule has 0 unspecified atom stereocenters. The average molecular weight is 238 g/mol. The van der Waals surface area contributed by atoms with Gasteiger partial charge in [-0.05, 0) is 48.1 Å². The second-order valence-electron chi connectivity index (χ2n) is 4.46. The Kier molecular flexibility index (Phi) is 3.96. The first kappa shape index (κ1) is 11.6. The third-order valence-corrected chi connectivity index (χ3v) is 3.92. The third kappa shape index (κ3) is 3.06. The van der Waals surface area contributed by atoms with E-state index >= 15 is 0 Å². The maximum atomic E-state index is 11.9. The summed E-state index contributed by atoms with van der Waals surface area (Å²) in [5.41, 5.74) is 7.00. The second kappa shape index (κ2) is 5.46. The minimum absolute atomic E-state index is 0.179. The van der Waals surface area contributed by atoms with E-state index in [1.807, 2.05) is 11.4 Å². The summed E-state index contributed by atoms with van der Waals surface area (Å²) in [5.74, 6) is 0.372. The van der Waals surface area contributed by atoms with Crippen LogP contribution in [0.25, 0.3) is 0 Å². The van der Waals surface area contributed by atoms with Gasteiger partial charge >= 0.3 is 0 Å². The van der Waals surface area contributed by atoms with Crippen molar-refractivity contribution in [1.29, 1.82) is 0 Å². The highest BCUT2D eigenvalue weighted by molar-refractivity contribution is 7.07. The number of rotatable bonds is 3. The predicted molar refractivity (Wildman–Crippen MR) is 66.1 cm³/mol. The molecule has 0 aliphatic heterocycles. The van der Waals surface area contributed by atoms with Gasteiger partial charge in [-0.15, -0.1) is 0 Å². The van der Waals surface area contributed by atoms with E-state index < -0.39 is 0 Å². The maximum Gasteiger partial charge on any atom is 0.223 e. The molecule has 4 heteroatoms. The summed E-state index contributed by atoms with van der Waals surface area (Å²) >= 11 is 1.66. The lowest BCUT2D eigenvalue weighted by Gasteiger charge is -2.25. The molecule has 1 aromatic rings. The Morgan fingerprint density at radius 2 is 2.19 bits per heavy atom. The molecule has 88 valence electrons. The first-order chi connectivity index (χ1) is 7.75. The standard InChI is InChI=1S/C12H18N2OS/c13-11-3-1-10(2-4-11)12(15)14-7-9-5-6-16-8-9/h5-6,8,10-11H,1-4,7,13H2,(H,14,15). The molecule has 0 spiro atoms. The van der Waals surface area contributed by atoms with Gasteiger partial charge in [-0.3, -0.25) is 4.79 Å². The lowest BCUT2D eigenvalue weighted by atomic mass is 9.86. The summed E-state index contributed by atoms with van der Waals surface area (Å²) in [4.78, 5) is 11.9. The lowest BCUT2D eigenvalue weighted by Crippen LogP contribution is -2.35. The fraction of sp³-hybridized carbons (Fsp3) is 0.583. The minimum atomic E-state index is 0.179. The summed E-state index contributed by atoms with van der Waals surface area (Å²) in [5, 5.41) is 7.09. The van der Waals surface area contributed by atoms with Crippen molar-refractivity contribution in [2.75, 3.05) is 0 Å². The van der Waals surface area contributed by atoms with Crippen LogP contribution in [0.3, 0.4) is 0 Å². The Balaban J connectivity index is 1.75. The summed E-state index contributed by atoms with van der Waals surface area (Å²) in [6, 6.07) is 2.35. The zero-order valence-corrected chi connectivity index (χ0v) is 10.1. The number of hydrogen-bond donors (Lipinski definition) is 2. The Labute approximate surface area is 100 Å². The fourth-order valence-electron chi connectivity index (χ4n) is 2.11. The van der Waals surface area contributed by atoms with Crippen LogP contribution in [0, 0.1) is 5.92 Å². The highest BCUT2D eigenvalue weighted by Gasteiger charge is 2.24. The van der Waals surface area contributed by atoms with Crippen molar-refractivity contribution < 1.29 is 4.79 Å². The number of carbonyl (C=O) groups is 1. The molecule has 1 aromatic heterocycles. The zero-order valence-electron chi connectivity index (χ0n) is 9.32. The maximum absolute atomic E-state index is 11.9. The molecule has 3 nitrogen and oxygen atoms in total. The first-order valence-electron chi connectivity index (χ1n) is 5.80. The molecule has 16 heavy (non-hydrogen) atoms. The highest BCUT2D eigenvalue weighted by atomic mass is 32.1. The number of nitrogens with one attached hydrogen (secondary N) is 1. The Morgan fingerprint density at radius 1 is 1.44 bits per heavy atom. The van der Waals surface area contributed by atoms with Gasteiger partial charge in [0.15, 0.2) is 0 Å². The Bertz CT molecular complexity index is 329. The normalized spacial score (nSPS) is 25.3. The molecule has 1 aliphatic carbocycles. The minimum Gasteiger partial charge on any atom is -0.352 e. The van der Waals surface area contributed by atoms with Crippen LogP contribution in [0.2, 0.25) is 0 Å². The smallest absolute Gasteiger partial charge is 0.223 e. The first-order valence-corrected chi connectivity index (χ1v) is 6.74. The number of nitrogens with two attached hydrogens (primary N) is 1. The van der Waals surface area contributed by atoms with E-state index in [0.717, 1.165) is 25.7 Å². The molecule has 0 saturated heterocycles. The summed E-state index contributed by atoms with van der Waals surface area (Å²) in [6.07, 6.45) is 3.85. The Hall–Kier alpha value is -0.870. The second-order valence-corrected chi connectivity index (χ2v) is 5.24. The van der Waals surface area contributed by atoms with E-state index in [1.165, 1.54) is 5.56 Å². The van der Waals surface area contributed by atoms with Gasteiger partial charge in [0.2, 0.25) is 5.91 Å². The molecule has 1 saturated carbocycles. The van der Waals surface area contributed by atoms with E-state index in [2.05, 4.69) is 10.7 Å². The molecular formula is C12H18N2OS. The topological polar surface area (TPSA) is 55.1 Å². The molecular weight excluding hydrogens is 220 g/mol. The van der Waals surface area contributed by atoms with Gasteiger partial charge < -0.3 is 11.1 Å². The predicted octanol–water partition coefficient (Wildman–Crippen LogP) is 1.88.